The zero-order chi connectivity index (χ0) is 7.56. The SMILES string of the molecule is CCC1C=C(O)C(C)CC1. The van der Waals surface area contributed by atoms with Crippen LogP contribution in [0.15, 0.2) is 11.8 Å². The van der Waals surface area contributed by atoms with E-state index in [1.807, 2.05) is 6.08 Å². The molecule has 1 rings (SSSR count). The van der Waals surface area contributed by atoms with Crippen LogP contribution in [0, 0.1) is 11.8 Å². The summed E-state index contributed by atoms with van der Waals surface area (Å²) in [5, 5.41) is 9.34. The average Bonchev–Trinajstić information content (AvgIpc) is 1.95. The summed E-state index contributed by atoms with van der Waals surface area (Å²) >= 11 is 0. The maximum atomic E-state index is 9.34. The monoisotopic (exact) mass is 140 g/mol. The van der Waals surface area contributed by atoms with Crippen LogP contribution in [0.1, 0.15) is 33.1 Å². The molecule has 0 aliphatic heterocycles. The number of aliphatic hydroxyl groups excluding tert-OH is 1. The molecule has 1 heteroatoms. The molecule has 0 saturated heterocycles. The summed E-state index contributed by atoms with van der Waals surface area (Å²) in [6.07, 6.45) is 5.59. The molecule has 2 unspecified atom stereocenters. The maximum absolute atomic E-state index is 9.34. The van der Waals surface area contributed by atoms with E-state index in [-0.39, 0.29) is 0 Å². The summed E-state index contributed by atoms with van der Waals surface area (Å²) in [4.78, 5) is 0. The van der Waals surface area contributed by atoms with E-state index in [9.17, 15) is 5.11 Å². The van der Waals surface area contributed by atoms with Crippen molar-refractivity contribution in [1.82, 2.24) is 0 Å². The highest BCUT2D eigenvalue weighted by atomic mass is 16.3. The third kappa shape index (κ3) is 1.53. The van der Waals surface area contributed by atoms with E-state index < -0.39 is 0 Å². The zero-order valence-electron chi connectivity index (χ0n) is 6.80. The quantitative estimate of drug-likeness (QED) is 0.593. The molecule has 10 heavy (non-hydrogen) atoms. The second-order valence-electron chi connectivity index (χ2n) is 3.24. The van der Waals surface area contributed by atoms with Crippen molar-refractivity contribution in [3.63, 3.8) is 0 Å². The predicted octanol–water partition coefficient (Wildman–Crippen LogP) is 2.88. The Morgan fingerprint density at radius 1 is 1.60 bits per heavy atom. The molecule has 58 valence electrons. The van der Waals surface area contributed by atoms with Crippen molar-refractivity contribution in [2.75, 3.05) is 0 Å². The minimum Gasteiger partial charge on any atom is -0.512 e. The molecule has 0 heterocycles. The van der Waals surface area contributed by atoms with E-state index in [4.69, 9.17) is 0 Å². The molecular formula is C9H16O. The molecule has 0 amide bonds. The van der Waals surface area contributed by atoms with Crippen LogP contribution in [0.5, 0.6) is 0 Å². The number of allylic oxidation sites excluding steroid dienone is 2. The molecule has 0 radical (unpaired) electrons. The zero-order valence-corrected chi connectivity index (χ0v) is 6.80. The molecule has 0 aromatic carbocycles. The van der Waals surface area contributed by atoms with Crippen LogP contribution < -0.4 is 0 Å². The fraction of sp³-hybridized carbons (Fsp3) is 0.778. The van der Waals surface area contributed by atoms with Gasteiger partial charge in [-0.15, -0.1) is 0 Å². The lowest BCUT2D eigenvalue weighted by molar-refractivity contribution is 0.290. The summed E-state index contributed by atoms with van der Waals surface area (Å²) < 4.78 is 0. The van der Waals surface area contributed by atoms with Gasteiger partial charge in [0.1, 0.15) is 0 Å². The highest BCUT2D eigenvalue weighted by Crippen LogP contribution is 2.27. The van der Waals surface area contributed by atoms with Gasteiger partial charge in [0.2, 0.25) is 0 Å². The maximum Gasteiger partial charge on any atom is 0.0913 e. The normalized spacial score (nSPS) is 33.6. The third-order valence-corrected chi connectivity index (χ3v) is 2.41. The molecule has 1 nitrogen and oxygen atoms in total. The standard InChI is InChI=1S/C9H16O/c1-3-8-5-4-7(2)9(10)6-8/h6-8,10H,3-5H2,1-2H3. The van der Waals surface area contributed by atoms with E-state index in [1.54, 1.807) is 0 Å². The van der Waals surface area contributed by atoms with Crippen molar-refractivity contribution in [3.8, 4) is 0 Å². The average molecular weight is 140 g/mol. The highest BCUT2D eigenvalue weighted by molar-refractivity contribution is 5.02. The molecule has 1 aliphatic rings. The number of aliphatic hydroxyl groups is 1. The van der Waals surface area contributed by atoms with E-state index in [2.05, 4.69) is 13.8 Å². The minimum absolute atomic E-state index is 0.405. The van der Waals surface area contributed by atoms with Gasteiger partial charge < -0.3 is 5.11 Å². The molecule has 0 fully saturated rings. The first kappa shape index (κ1) is 7.64. The fourth-order valence-electron chi connectivity index (χ4n) is 1.42. The van der Waals surface area contributed by atoms with Crippen LogP contribution in [0.25, 0.3) is 0 Å². The van der Waals surface area contributed by atoms with E-state index in [0.717, 1.165) is 12.8 Å². The Hall–Kier alpha value is -0.460. The number of hydrogen-bond donors (Lipinski definition) is 1. The van der Waals surface area contributed by atoms with Crippen molar-refractivity contribution >= 4 is 0 Å². The lowest BCUT2D eigenvalue weighted by Crippen LogP contribution is -2.10. The van der Waals surface area contributed by atoms with Gasteiger partial charge in [-0.3, -0.25) is 0 Å². The first-order valence-corrected chi connectivity index (χ1v) is 4.14. The Kier molecular flexibility index (Phi) is 2.36. The first-order chi connectivity index (χ1) is 4.74. The van der Waals surface area contributed by atoms with Gasteiger partial charge >= 0.3 is 0 Å². The molecule has 0 aromatic heterocycles. The highest BCUT2D eigenvalue weighted by Gasteiger charge is 2.17. The van der Waals surface area contributed by atoms with Crippen LogP contribution in [0.4, 0.5) is 0 Å². The van der Waals surface area contributed by atoms with Crippen LogP contribution in [-0.2, 0) is 0 Å². The second-order valence-corrected chi connectivity index (χ2v) is 3.24. The largest absolute Gasteiger partial charge is 0.512 e. The Labute approximate surface area is 62.8 Å². The van der Waals surface area contributed by atoms with Gasteiger partial charge in [-0.1, -0.05) is 13.8 Å². The van der Waals surface area contributed by atoms with Crippen LogP contribution in [0.3, 0.4) is 0 Å². The Bertz CT molecular complexity index is 138. The predicted molar refractivity (Wildman–Crippen MR) is 42.9 cm³/mol. The Morgan fingerprint density at radius 2 is 2.30 bits per heavy atom. The van der Waals surface area contributed by atoms with Crippen molar-refractivity contribution in [3.05, 3.63) is 11.8 Å². The number of hydrogen-bond acceptors (Lipinski definition) is 1. The van der Waals surface area contributed by atoms with E-state index in [1.165, 1.54) is 6.42 Å². The Morgan fingerprint density at radius 3 is 2.80 bits per heavy atom. The van der Waals surface area contributed by atoms with Gasteiger partial charge in [-0.25, -0.2) is 0 Å². The van der Waals surface area contributed by atoms with Crippen LogP contribution >= 0.6 is 0 Å². The molecule has 0 spiro atoms. The lowest BCUT2D eigenvalue weighted by Gasteiger charge is -2.21. The molecule has 1 N–H and O–H groups in total. The number of rotatable bonds is 1. The topological polar surface area (TPSA) is 20.2 Å². The summed E-state index contributed by atoms with van der Waals surface area (Å²) in [5.41, 5.74) is 0. The Balaban J connectivity index is 2.56. The summed E-state index contributed by atoms with van der Waals surface area (Å²) in [6.45, 7) is 4.25. The van der Waals surface area contributed by atoms with Gasteiger partial charge in [-0.05, 0) is 31.3 Å². The van der Waals surface area contributed by atoms with Gasteiger partial charge in [0.05, 0.1) is 5.76 Å². The molecule has 0 saturated carbocycles. The second kappa shape index (κ2) is 3.09. The van der Waals surface area contributed by atoms with Crippen molar-refractivity contribution in [2.45, 2.75) is 33.1 Å². The fourth-order valence-corrected chi connectivity index (χ4v) is 1.42. The van der Waals surface area contributed by atoms with Crippen molar-refractivity contribution in [2.24, 2.45) is 11.8 Å². The summed E-state index contributed by atoms with van der Waals surface area (Å²) in [6, 6.07) is 0. The van der Waals surface area contributed by atoms with Gasteiger partial charge in [-0.2, -0.15) is 0 Å². The molecule has 0 bridgehead atoms. The smallest absolute Gasteiger partial charge is 0.0913 e. The lowest BCUT2D eigenvalue weighted by atomic mass is 9.87. The van der Waals surface area contributed by atoms with Crippen molar-refractivity contribution < 1.29 is 5.11 Å². The molecule has 1 aliphatic carbocycles. The van der Waals surface area contributed by atoms with E-state index >= 15 is 0 Å². The van der Waals surface area contributed by atoms with Gasteiger partial charge in [0, 0.05) is 5.92 Å². The van der Waals surface area contributed by atoms with Gasteiger partial charge in [0.15, 0.2) is 0 Å². The van der Waals surface area contributed by atoms with Crippen molar-refractivity contribution in [1.29, 1.82) is 0 Å². The molecule has 2 atom stereocenters. The molecular weight excluding hydrogens is 124 g/mol. The van der Waals surface area contributed by atoms with Crippen LogP contribution in [-0.4, -0.2) is 5.11 Å². The van der Waals surface area contributed by atoms with E-state index in [0.29, 0.717) is 17.6 Å². The van der Waals surface area contributed by atoms with Crippen LogP contribution in [0.2, 0.25) is 0 Å². The van der Waals surface area contributed by atoms with Gasteiger partial charge in [0.25, 0.3) is 0 Å². The molecule has 0 aromatic rings. The third-order valence-electron chi connectivity index (χ3n) is 2.41. The summed E-state index contributed by atoms with van der Waals surface area (Å²) in [7, 11) is 0. The first-order valence-electron chi connectivity index (χ1n) is 4.14. The minimum atomic E-state index is 0.405. The summed E-state index contributed by atoms with van der Waals surface area (Å²) in [5.74, 6) is 1.65.